The van der Waals surface area contributed by atoms with Crippen molar-refractivity contribution in [3.63, 3.8) is 0 Å². The summed E-state index contributed by atoms with van der Waals surface area (Å²) in [6.07, 6.45) is 0.492. The predicted octanol–water partition coefficient (Wildman–Crippen LogP) is 1.34. The number of ketones is 1. The van der Waals surface area contributed by atoms with Gasteiger partial charge in [-0.1, -0.05) is 12.1 Å². The van der Waals surface area contributed by atoms with E-state index in [1.807, 2.05) is 6.92 Å². The lowest BCUT2D eigenvalue weighted by Crippen LogP contribution is -2.43. The molecule has 1 amide bonds. The molecular formula is C16H22N2O4S. The van der Waals surface area contributed by atoms with E-state index in [-0.39, 0.29) is 35.8 Å². The molecule has 2 rings (SSSR count). The lowest BCUT2D eigenvalue weighted by atomic mass is 10.1. The van der Waals surface area contributed by atoms with Gasteiger partial charge in [-0.15, -0.1) is 0 Å². The molecule has 0 unspecified atom stereocenters. The number of amides is 1. The molecule has 0 radical (unpaired) electrons. The molecule has 0 aliphatic carbocycles. The Labute approximate surface area is 136 Å². The maximum Gasteiger partial charge on any atom is 0.242 e. The summed E-state index contributed by atoms with van der Waals surface area (Å²) in [6.45, 7) is 3.82. The van der Waals surface area contributed by atoms with E-state index in [0.29, 0.717) is 24.2 Å². The maximum atomic E-state index is 12.4. The molecule has 1 heterocycles. The third-order valence-corrected chi connectivity index (χ3v) is 5.80. The van der Waals surface area contributed by atoms with E-state index >= 15 is 0 Å². The van der Waals surface area contributed by atoms with Crippen molar-refractivity contribution in [3.8, 4) is 0 Å². The van der Waals surface area contributed by atoms with Crippen LogP contribution in [0.1, 0.15) is 30.6 Å². The second-order valence-corrected chi connectivity index (χ2v) is 7.92. The molecule has 126 valence electrons. The number of sulfone groups is 1. The van der Waals surface area contributed by atoms with Gasteiger partial charge in [0.2, 0.25) is 5.91 Å². The molecule has 1 N–H and O–H groups in total. The largest absolute Gasteiger partial charge is 0.376 e. The molecule has 7 heteroatoms. The molecule has 0 spiro atoms. The Morgan fingerprint density at radius 1 is 1.30 bits per heavy atom. The average molecular weight is 338 g/mol. The summed E-state index contributed by atoms with van der Waals surface area (Å²) in [6, 6.07) is 6.77. The predicted molar refractivity (Wildman–Crippen MR) is 89.4 cm³/mol. The van der Waals surface area contributed by atoms with Gasteiger partial charge in [-0.3, -0.25) is 9.59 Å². The summed E-state index contributed by atoms with van der Waals surface area (Å²) >= 11 is 0. The number of anilines is 1. The highest BCUT2D eigenvalue weighted by Crippen LogP contribution is 2.19. The van der Waals surface area contributed by atoms with Crippen molar-refractivity contribution in [1.82, 2.24) is 4.90 Å². The first-order chi connectivity index (χ1) is 10.8. The average Bonchev–Trinajstić information content (AvgIpc) is 2.86. The van der Waals surface area contributed by atoms with Crippen LogP contribution in [-0.2, 0) is 14.6 Å². The smallest absolute Gasteiger partial charge is 0.242 e. The first kappa shape index (κ1) is 17.5. The number of benzene rings is 1. The molecule has 0 aromatic heterocycles. The van der Waals surface area contributed by atoms with Gasteiger partial charge in [-0.2, -0.15) is 0 Å². The molecule has 0 bridgehead atoms. The number of carbonyl (C=O) groups is 2. The van der Waals surface area contributed by atoms with Crippen LogP contribution in [0.5, 0.6) is 0 Å². The lowest BCUT2D eigenvalue weighted by Gasteiger charge is -2.27. The fraction of sp³-hybridized carbons (Fsp3) is 0.500. The summed E-state index contributed by atoms with van der Waals surface area (Å²) in [5, 5.41) is 2.99. The molecule has 0 saturated carbocycles. The van der Waals surface area contributed by atoms with Crippen LogP contribution in [0.4, 0.5) is 5.69 Å². The van der Waals surface area contributed by atoms with E-state index < -0.39 is 9.84 Å². The Morgan fingerprint density at radius 3 is 2.57 bits per heavy atom. The number of rotatable bonds is 6. The van der Waals surface area contributed by atoms with E-state index in [1.165, 1.54) is 6.92 Å². The summed E-state index contributed by atoms with van der Waals surface area (Å²) < 4.78 is 23.2. The summed E-state index contributed by atoms with van der Waals surface area (Å²) in [5.74, 6) is -0.0544. The summed E-state index contributed by atoms with van der Waals surface area (Å²) in [5.41, 5.74) is 1.15. The zero-order chi connectivity index (χ0) is 17.0. The van der Waals surface area contributed by atoms with Crippen LogP contribution in [0.3, 0.4) is 0 Å². The fourth-order valence-electron chi connectivity index (χ4n) is 2.88. The van der Waals surface area contributed by atoms with Crippen LogP contribution in [0.2, 0.25) is 0 Å². The van der Waals surface area contributed by atoms with Gasteiger partial charge in [0.15, 0.2) is 15.6 Å². The Morgan fingerprint density at radius 2 is 2.00 bits per heavy atom. The van der Waals surface area contributed by atoms with E-state index in [9.17, 15) is 18.0 Å². The highest BCUT2D eigenvalue weighted by molar-refractivity contribution is 7.91. The molecule has 1 atom stereocenters. The van der Waals surface area contributed by atoms with Crippen molar-refractivity contribution in [1.29, 1.82) is 0 Å². The topological polar surface area (TPSA) is 83.6 Å². The first-order valence-corrected chi connectivity index (χ1v) is 9.50. The van der Waals surface area contributed by atoms with Gasteiger partial charge in [-0.05, 0) is 32.4 Å². The van der Waals surface area contributed by atoms with Gasteiger partial charge >= 0.3 is 0 Å². The van der Waals surface area contributed by atoms with E-state index in [1.54, 1.807) is 29.2 Å². The van der Waals surface area contributed by atoms with Crippen LogP contribution in [0.25, 0.3) is 0 Å². The zero-order valence-electron chi connectivity index (χ0n) is 13.4. The van der Waals surface area contributed by atoms with Crippen LogP contribution < -0.4 is 5.32 Å². The van der Waals surface area contributed by atoms with Crippen LogP contribution >= 0.6 is 0 Å². The minimum atomic E-state index is -3.03. The first-order valence-electron chi connectivity index (χ1n) is 7.68. The van der Waals surface area contributed by atoms with Gasteiger partial charge in [0, 0.05) is 23.8 Å². The quantitative estimate of drug-likeness (QED) is 0.791. The Balaban J connectivity index is 2.02. The van der Waals surface area contributed by atoms with Crippen LogP contribution in [-0.4, -0.2) is 55.6 Å². The second kappa shape index (κ2) is 7.12. The van der Waals surface area contributed by atoms with E-state index in [0.717, 1.165) is 0 Å². The van der Waals surface area contributed by atoms with Crippen molar-refractivity contribution in [3.05, 3.63) is 29.8 Å². The van der Waals surface area contributed by atoms with Gasteiger partial charge in [0.1, 0.15) is 0 Å². The fourth-order valence-corrected chi connectivity index (χ4v) is 4.61. The van der Waals surface area contributed by atoms with E-state index in [4.69, 9.17) is 0 Å². The highest BCUT2D eigenvalue weighted by Gasteiger charge is 2.33. The second-order valence-electron chi connectivity index (χ2n) is 5.69. The molecule has 1 aromatic rings. The third kappa shape index (κ3) is 4.31. The number of likely N-dealkylation sites (N-methyl/N-ethyl adjacent to an activating group) is 1. The molecule has 1 aliphatic heterocycles. The minimum Gasteiger partial charge on any atom is -0.376 e. The van der Waals surface area contributed by atoms with Gasteiger partial charge in [0.05, 0.1) is 18.1 Å². The molecule has 1 saturated heterocycles. The van der Waals surface area contributed by atoms with Gasteiger partial charge in [-0.25, -0.2) is 8.42 Å². The molecule has 1 aromatic carbocycles. The molecule has 1 fully saturated rings. The monoisotopic (exact) mass is 338 g/mol. The Hall–Kier alpha value is -1.89. The number of nitrogens with zero attached hydrogens (tertiary/aromatic N) is 1. The molecule has 6 nitrogen and oxygen atoms in total. The van der Waals surface area contributed by atoms with Crippen LogP contribution in [0, 0.1) is 0 Å². The van der Waals surface area contributed by atoms with Crippen molar-refractivity contribution in [2.24, 2.45) is 0 Å². The van der Waals surface area contributed by atoms with Crippen molar-refractivity contribution in [2.45, 2.75) is 26.3 Å². The SMILES string of the molecule is CCN(C(=O)CNc1ccccc1C(C)=O)[C@@H]1CCS(=O)(=O)C1. The normalized spacial score (nSPS) is 19.3. The molecule has 1 aliphatic rings. The van der Waals surface area contributed by atoms with E-state index in [2.05, 4.69) is 5.32 Å². The number of carbonyl (C=O) groups excluding carboxylic acids is 2. The summed E-state index contributed by atoms with van der Waals surface area (Å²) in [4.78, 5) is 25.6. The van der Waals surface area contributed by atoms with Gasteiger partial charge in [0.25, 0.3) is 0 Å². The number of hydrogen-bond acceptors (Lipinski definition) is 5. The Bertz CT molecular complexity index is 700. The van der Waals surface area contributed by atoms with Crippen molar-refractivity contribution < 1.29 is 18.0 Å². The zero-order valence-corrected chi connectivity index (χ0v) is 14.2. The molecular weight excluding hydrogens is 316 g/mol. The standard InChI is InChI=1S/C16H22N2O4S/c1-3-18(13-8-9-23(21,22)11-13)16(20)10-17-15-7-5-4-6-14(15)12(2)19/h4-7,13,17H,3,8-11H2,1-2H3/t13-/m1/s1. The van der Waals surface area contributed by atoms with Crippen molar-refractivity contribution >= 4 is 27.2 Å². The maximum absolute atomic E-state index is 12.4. The lowest BCUT2D eigenvalue weighted by molar-refractivity contribution is -0.130. The minimum absolute atomic E-state index is 0.0364. The number of para-hydroxylation sites is 1. The van der Waals surface area contributed by atoms with Gasteiger partial charge < -0.3 is 10.2 Å². The number of hydrogen-bond donors (Lipinski definition) is 1. The van der Waals surface area contributed by atoms with Crippen molar-refractivity contribution in [2.75, 3.05) is 29.9 Å². The highest BCUT2D eigenvalue weighted by atomic mass is 32.2. The molecule has 23 heavy (non-hydrogen) atoms. The van der Waals surface area contributed by atoms with Crippen LogP contribution in [0.15, 0.2) is 24.3 Å². The number of nitrogens with one attached hydrogen (secondary N) is 1. The Kier molecular flexibility index (Phi) is 5.41. The summed E-state index contributed by atoms with van der Waals surface area (Å²) in [7, 11) is -3.03. The number of Topliss-reactive ketones (excluding diaryl/α,β-unsaturated/α-hetero) is 1. The third-order valence-electron chi connectivity index (χ3n) is 4.05.